The molecule has 0 rings (SSSR count). The van der Waals surface area contributed by atoms with Crippen LogP contribution < -0.4 is 5.73 Å². The number of hydrogen-bond acceptors (Lipinski definition) is 3. The molecule has 1 unspecified atom stereocenters. The second kappa shape index (κ2) is 10.2. The number of nitrogens with two attached hydrogens (primary N) is 1. The molecule has 0 saturated heterocycles. The number of allylic oxidation sites excluding steroid dienone is 1. The van der Waals surface area contributed by atoms with Crippen molar-refractivity contribution in [1.29, 1.82) is 0 Å². The first-order valence-corrected chi connectivity index (χ1v) is 7.79. The smallest absolute Gasteiger partial charge is 0.118 e. The monoisotopic (exact) mass is 288 g/mol. The SMILES string of the molecule is CCC(CO)(CCN)CCCCN(C)/C=C(\F)C(C)C. The molecule has 120 valence electrons. The highest BCUT2D eigenvalue weighted by atomic mass is 19.1. The van der Waals surface area contributed by atoms with E-state index >= 15 is 0 Å². The van der Waals surface area contributed by atoms with E-state index in [1.807, 2.05) is 25.8 Å². The minimum absolute atomic E-state index is 0.0215. The van der Waals surface area contributed by atoms with E-state index in [-0.39, 0.29) is 23.8 Å². The molecule has 0 aromatic rings. The molecule has 0 aliphatic heterocycles. The first-order valence-electron chi connectivity index (χ1n) is 7.79. The van der Waals surface area contributed by atoms with Gasteiger partial charge in [-0.2, -0.15) is 0 Å². The van der Waals surface area contributed by atoms with E-state index in [9.17, 15) is 9.50 Å². The lowest BCUT2D eigenvalue weighted by atomic mass is 9.78. The van der Waals surface area contributed by atoms with Gasteiger partial charge in [0.15, 0.2) is 0 Å². The van der Waals surface area contributed by atoms with Crippen LogP contribution in [0.4, 0.5) is 4.39 Å². The standard InChI is InChI=1S/C16H33FN2O/c1-5-16(13-20,9-10-18)8-6-7-11-19(4)12-15(17)14(2)3/h12,14,20H,5-11,13,18H2,1-4H3/b15-12-. The molecule has 0 aliphatic rings. The largest absolute Gasteiger partial charge is 0.396 e. The molecule has 0 bridgehead atoms. The summed E-state index contributed by atoms with van der Waals surface area (Å²) in [6, 6.07) is 0. The predicted molar refractivity (Wildman–Crippen MR) is 84.0 cm³/mol. The van der Waals surface area contributed by atoms with Gasteiger partial charge >= 0.3 is 0 Å². The summed E-state index contributed by atoms with van der Waals surface area (Å²) in [5.74, 6) is -0.127. The van der Waals surface area contributed by atoms with Gasteiger partial charge in [-0.1, -0.05) is 27.2 Å². The zero-order valence-corrected chi connectivity index (χ0v) is 13.7. The zero-order valence-electron chi connectivity index (χ0n) is 13.7. The minimum atomic E-state index is -0.0751. The van der Waals surface area contributed by atoms with Gasteiger partial charge in [0, 0.05) is 32.3 Å². The summed E-state index contributed by atoms with van der Waals surface area (Å²) < 4.78 is 13.5. The second-order valence-electron chi connectivity index (χ2n) is 6.16. The van der Waals surface area contributed by atoms with Gasteiger partial charge in [0.2, 0.25) is 0 Å². The molecule has 1 atom stereocenters. The molecule has 0 aliphatic carbocycles. The Kier molecular flexibility index (Phi) is 9.86. The summed E-state index contributed by atoms with van der Waals surface area (Å²) in [5, 5.41) is 9.57. The van der Waals surface area contributed by atoms with Crippen molar-refractivity contribution in [3.63, 3.8) is 0 Å². The lowest BCUT2D eigenvalue weighted by Gasteiger charge is -2.30. The fraction of sp³-hybridized carbons (Fsp3) is 0.875. The van der Waals surface area contributed by atoms with Crippen LogP contribution in [-0.4, -0.2) is 36.8 Å². The highest BCUT2D eigenvalue weighted by molar-refractivity contribution is 4.93. The first-order chi connectivity index (χ1) is 9.40. The van der Waals surface area contributed by atoms with Gasteiger partial charge in [-0.05, 0) is 37.6 Å². The van der Waals surface area contributed by atoms with Gasteiger partial charge in [0.25, 0.3) is 0 Å². The molecule has 3 N–H and O–H groups in total. The number of rotatable bonds is 11. The quantitative estimate of drug-likeness (QED) is 0.574. The second-order valence-corrected chi connectivity index (χ2v) is 6.16. The van der Waals surface area contributed by atoms with Gasteiger partial charge in [-0.15, -0.1) is 0 Å². The predicted octanol–water partition coefficient (Wildman–Crippen LogP) is 3.29. The average Bonchev–Trinajstić information content (AvgIpc) is 2.42. The highest BCUT2D eigenvalue weighted by Gasteiger charge is 2.25. The highest BCUT2D eigenvalue weighted by Crippen LogP contribution is 2.31. The summed E-state index contributed by atoms with van der Waals surface area (Å²) in [4.78, 5) is 1.91. The third-order valence-electron chi connectivity index (χ3n) is 4.12. The Morgan fingerprint density at radius 3 is 2.45 bits per heavy atom. The molecule has 0 fully saturated rings. The molecule has 0 aromatic carbocycles. The van der Waals surface area contributed by atoms with E-state index in [2.05, 4.69) is 6.92 Å². The Morgan fingerprint density at radius 1 is 1.35 bits per heavy atom. The van der Waals surface area contributed by atoms with Crippen molar-refractivity contribution in [1.82, 2.24) is 4.90 Å². The van der Waals surface area contributed by atoms with Crippen LogP contribution in [0.5, 0.6) is 0 Å². The topological polar surface area (TPSA) is 49.5 Å². The molecular weight excluding hydrogens is 255 g/mol. The fourth-order valence-corrected chi connectivity index (χ4v) is 2.34. The van der Waals surface area contributed by atoms with Crippen molar-refractivity contribution in [2.24, 2.45) is 17.1 Å². The molecule has 4 heteroatoms. The molecule has 0 saturated carbocycles. The summed E-state index contributed by atoms with van der Waals surface area (Å²) in [6.07, 6.45) is 6.45. The lowest BCUT2D eigenvalue weighted by Crippen LogP contribution is -2.28. The van der Waals surface area contributed by atoms with Crippen molar-refractivity contribution in [3.05, 3.63) is 12.0 Å². The maximum Gasteiger partial charge on any atom is 0.118 e. The van der Waals surface area contributed by atoms with Crippen molar-refractivity contribution >= 4 is 0 Å². The number of aliphatic hydroxyl groups excluding tert-OH is 1. The number of halogens is 1. The van der Waals surface area contributed by atoms with Gasteiger partial charge in [0.1, 0.15) is 5.83 Å². The Hall–Kier alpha value is -0.610. The van der Waals surface area contributed by atoms with Crippen LogP contribution >= 0.6 is 0 Å². The van der Waals surface area contributed by atoms with Crippen molar-refractivity contribution in [2.75, 3.05) is 26.7 Å². The van der Waals surface area contributed by atoms with Gasteiger partial charge < -0.3 is 15.7 Å². The Labute approximate surface area is 124 Å². The maximum atomic E-state index is 13.5. The average molecular weight is 288 g/mol. The molecule has 0 aromatic heterocycles. The molecule has 20 heavy (non-hydrogen) atoms. The van der Waals surface area contributed by atoms with Crippen molar-refractivity contribution in [2.45, 2.75) is 52.9 Å². The molecule has 0 radical (unpaired) electrons. The Bertz CT molecular complexity index is 276. The molecule has 0 spiro atoms. The maximum absolute atomic E-state index is 13.5. The number of unbranched alkanes of at least 4 members (excludes halogenated alkanes) is 1. The van der Waals surface area contributed by atoms with Gasteiger partial charge in [-0.3, -0.25) is 0 Å². The molecule has 0 amide bonds. The van der Waals surface area contributed by atoms with Crippen LogP contribution in [0.25, 0.3) is 0 Å². The van der Waals surface area contributed by atoms with Gasteiger partial charge in [0.05, 0.1) is 0 Å². The van der Waals surface area contributed by atoms with Crippen LogP contribution in [0.2, 0.25) is 0 Å². The third kappa shape index (κ3) is 7.25. The summed E-state index contributed by atoms with van der Waals surface area (Å²) in [5.41, 5.74) is 5.61. The lowest BCUT2D eigenvalue weighted by molar-refractivity contribution is 0.0990. The van der Waals surface area contributed by atoms with E-state index in [1.165, 1.54) is 0 Å². The van der Waals surface area contributed by atoms with Crippen LogP contribution in [0, 0.1) is 11.3 Å². The van der Waals surface area contributed by atoms with Gasteiger partial charge in [-0.25, -0.2) is 4.39 Å². The summed E-state index contributed by atoms with van der Waals surface area (Å²) in [7, 11) is 1.90. The summed E-state index contributed by atoms with van der Waals surface area (Å²) in [6.45, 7) is 7.48. The van der Waals surface area contributed by atoms with E-state index < -0.39 is 0 Å². The van der Waals surface area contributed by atoms with E-state index in [0.29, 0.717) is 6.54 Å². The van der Waals surface area contributed by atoms with E-state index in [0.717, 1.165) is 38.6 Å². The van der Waals surface area contributed by atoms with Crippen molar-refractivity contribution in [3.8, 4) is 0 Å². The molecule has 3 nitrogen and oxygen atoms in total. The first kappa shape index (κ1) is 19.4. The fourth-order valence-electron chi connectivity index (χ4n) is 2.34. The number of nitrogens with zero attached hydrogens (tertiary/aromatic N) is 1. The van der Waals surface area contributed by atoms with Crippen LogP contribution in [-0.2, 0) is 0 Å². The molecular formula is C16H33FN2O. The normalized spacial score (nSPS) is 15.5. The van der Waals surface area contributed by atoms with Crippen LogP contribution in [0.3, 0.4) is 0 Å². The summed E-state index contributed by atoms with van der Waals surface area (Å²) >= 11 is 0. The zero-order chi connectivity index (χ0) is 15.6. The van der Waals surface area contributed by atoms with E-state index in [4.69, 9.17) is 5.73 Å². The van der Waals surface area contributed by atoms with Crippen molar-refractivity contribution < 1.29 is 9.50 Å². The minimum Gasteiger partial charge on any atom is -0.396 e. The van der Waals surface area contributed by atoms with Crippen LogP contribution in [0.1, 0.15) is 52.9 Å². The van der Waals surface area contributed by atoms with Crippen LogP contribution in [0.15, 0.2) is 12.0 Å². The Morgan fingerprint density at radius 2 is 2.00 bits per heavy atom. The third-order valence-corrected chi connectivity index (χ3v) is 4.12. The number of aliphatic hydroxyl groups is 1. The number of hydrogen-bond donors (Lipinski definition) is 2. The molecule has 0 heterocycles. The Balaban J connectivity index is 4.09. The van der Waals surface area contributed by atoms with E-state index in [1.54, 1.807) is 6.20 Å².